The molecule has 2 rings (SSSR count). The number of carboxylic acid groups (broad SMARTS) is 1. The second-order valence-electron chi connectivity index (χ2n) is 10.0. The predicted molar refractivity (Wildman–Crippen MR) is 142 cm³/mol. The number of hydrogen-bond donors (Lipinski definition) is 3. The first kappa shape index (κ1) is 27.9. The molecule has 35 heavy (non-hydrogen) atoms. The van der Waals surface area contributed by atoms with Gasteiger partial charge in [0.25, 0.3) is 0 Å². The molecular weight excluding hydrogens is 438 g/mol. The van der Waals surface area contributed by atoms with Gasteiger partial charge in [-0.1, -0.05) is 74.4 Å². The number of carbonyl (C=O) groups is 2. The third-order valence-electron chi connectivity index (χ3n) is 6.70. The highest BCUT2D eigenvalue weighted by atomic mass is 16.4. The van der Waals surface area contributed by atoms with Crippen LogP contribution in [-0.4, -0.2) is 22.1 Å². The number of benzene rings is 1. The Labute approximate surface area is 209 Å². The zero-order chi connectivity index (χ0) is 26.2. The molecule has 0 heterocycles. The Bertz CT molecular complexity index is 1100. The van der Waals surface area contributed by atoms with Crippen molar-refractivity contribution in [3.05, 3.63) is 88.6 Å². The van der Waals surface area contributed by atoms with E-state index in [2.05, 4.69) is 38.2 Å². The molecule has 1 atom stereocenters. The fourth-order valence-electron chi connectivity index (χ4n) is 4.60. The molecule has 1 unspecified atom stereocenters. The molecule has 0 saturated heterocycles. The van der Waals surface area contributed by atoms with E-state index in [0.717, 1.165) is 12.0 Å². The van der Waals surface area contributed by atoms with Crippen LogP contribution in [0.1, 0.15) is 72.8 Å². The fraction of sp³-hybridized carbons (Fsp3) is 0.400. The summed E-state index contributed by atoms with van der Waals surface area (Å²) in [4.78, 5) is 24.8. The molecule has 0 spiro atoms. The smallest absolute Gasteiger partial charge is 0.334 e. The summed E-state index contributed by atoms with van der Waals surface area (Å²) in [7, 11) is 0. The topological polar surface area (TPSA) is 86.6 Å². The number of phenols is 1. The molecule has 1 aliphatic carbocycles. The molecule has 1 aromatic rings. The fourth-order valence-corrected chi connectivity index (χ4v) is 4.60. The van der Waals surface area contributed by atoms with Gasteiger partial charge in [-0.25, -0.2) is 4.79 Å². The standard InChI is InChI=1S/C30H39NO4/c1-7-30(28(34)35,24-14-9-15-25(32)20-24)31-27(33)19-22(3)12-8-11-21(2)16-17-26-23(4)13-10-18-29(26,5)6/h8-9,11-12,14-17,19-20,32H,7,10,13,18H2,1-6H3,(H,31,33)(H,34,35). The Kier molecular flexibility index (Phi) is 9.47. The quantitative estimate of drug-likeness (QED) is 0.272. The van der Waals surface area contributed by atoms with Gasteiger partial charge < -0.3 is 15.5 Å². The third kappa shape index (κ3) is 7.32. The van der Waals surface area contributed by atoms with Crippen LogP contribution in [0.15, 0.2) is 83.0 Å². The van der Waals surface area contributed by atoms with E-state index in [-0.39, 0.29) is 17.6 Å². The minimum atomic E-state index is -1.63. The van der Waals surface area contributed by atoms with Crippen molar-refractivity contribution >= 4 is 11.9 Å². The number of phenolic OH excluding ortho intramolecular Hbond substituents is 1. The number of carboxylic acids is 1. The molecule has 188 valence electrons. The minimum Gasteiger partial charge on any atom is -0.508 e. The first-order chi connectivity index (χ1) is 16.4. The van der Waals surface area contributed by atoms with E-state index in [1.807, 2.05) is 25.2 Å². The molecule has 1 aromatic carbocycles. The van der Waals surface area contributed by atoms with Crippen molar-refractivity contribution in [2.24, 2.45) is 5.41 Å². The molecule has 0 aromatic heterocycles. The molecule has 5 nitrogen and oxygen atoms in total. The average Bonchev–Trinajstić information content (AvgIpc) is 2.76. The summed E-state index contributed by atoms with van der Waals surface area (Å²) in [5, 5.41) is 22.3. The second kappa shape index (κ2) is 11.9. The van der Waals surface area contributed by atoms with E-state index in [1.165, 1.54) is 42.2 Å². The van der Waals surface area contributed by atoms with Crippen molar-refractivity contribution in [3.8, 4) is 5.75 Å². The van der Waals surface area contributed by atoms with Crippen LogP contribution in [0.25, 0.3) is 0 Å². The van der Waals surface area contributed by atoms with E-state index >= 15 is 0 Å². The largest absolute Gasteiger partial charge is 0.508 e. The molecule has 0 radical (unpaired) electrons. The number of allylic oxidation sites excluding steroid dienone is 9. The van der Waals surface area contributed by atoms with Crippen LogP contribution >= 0.6 is 0 Å². The predicted octanol–water partition coefficient (Wildman–Crippen LogP) is 6.73. The lowest BCUT2D eigenvalue weighted by Gasteiger charge is -2.32. The summed E-state index contributed by atoms with van der Waals surface area (Å²) in [5.74, 6) is -1.75. The van der Waals surface area contributed by atoms with E-state index < -0.39 is 17.4 Å². The first-order valence-corrected chi connectivity index (χ1v) is 12.2. The molecule has 1 aliphatic rings. The molecule has 1 amide bonds. The average molecular weight is 478 g/mol. The molecule has 3 N–H and O–H groups in total. The summed E-state index contributed by atoms with van der Waals surface area (Å²) in [6.07, 6.45) is 15.1. The van der Waals surface area contributed by atoms with Gasteiger partial charge >= 0.3 is 5.97 Å². The van der Waals surface area contributed by atoms with Gasteiger partial charge in [-0.15, -0.1) is 0 Å². The number of rotatable bonds is 9. The Morgan fingerprint density at radius 1 is 1.17 bits per heavy atom. The van der Waals surface area contributed by atoms with Crippen molar-refractivity contribution in [2.75, 3.05) is 0 Å². The maximum atomic E-state index is 12.7. The lowest BCUT2D eigenvalue weighted by Crippen LogP contribution is -2.51. The minimum absolute atomic E-state index is 0.0554. The van der Waals surface area contributed by atoms with Gasteiger partial charge in [0.1, 0.15) is 5.75 Å². The van der Waals surface area contributed by atoms with Crippen LogP contribution in [-0.2, 0) is 15.1 Å². The van der Waals surface area contributed by atoms with Gasteiger partial charge in [0, 0.05) is 6.08 Å². The van der Waals surface area contributed by atoms with E-state index in [1.54, 1.807) is 26.0 Å². The summed E-state index contributed by atoms with van der Waals surface area (Å²) < 4.78 is 0. The number of hydrogen-bond acceptors (Lipinski definition) is 3. The number of aliphatic carboxylic acids is 1. The van der Waals surface area contributed by atoms with E-state index in [0.29, 0.717) is 11.1 Å². The Hall–Kier alpha value is -3.34. The lowest BCUT2D eigenvalue weighted by atomic mass is 9.72. The summed E-state index contributed by atoms with van der Waals surface area (Å²) in [5.41, 5.74) is 3.55. The second-order valence-corrected chi connectivity index (χ2v) is 10.0. The van der Waals surface area contributed by atoms with Crippen LogP contribution in [0.5, 0.6) is 5.75 Å². The van der Waals surface area contributed by atoms with Gasteiger partial charge in [0.15, 0.2) is 5.54 Å². The number of carbonyl (C=O) groups excluding carboxylic acids is 1. The highest BCUT2D eigenvalue weighted by Crippen LogP contribution is 2.40. The number of nitrogens with one attached hydrogen (secondary N) is 1. The van der Waals surface area contributed by atoms with Crippen molar-refractivity contribution in [1.82, 2.24) is 5.32 Å². The van der Waals surface area contributed by atoms with Crippen molar-refractivity contribution < 1.29 is 19.8 Å². The first-order valence-electron chi connectivity index (χ1n) is 12.2. The van der Waals surface area contributed by atoms with Crippen molar-refractivity contribution in [2.45, 2.75) is 72.8 Å². The molecule has 0 aliphatic heterocycles. The van der Waals surface area contributed by atoms with Gasteiger partial charge in [0.2, 0.25) is 5.91 Å². The molecular formula is C30H39NO4. The summed E-state index contributed by atoms with van der Waals surface area (Å²) >= 11 is 0. The molecule has 0 bridgehead atoms. The van der Waals surface area contributed by atoms with Gasteiger partial charge in [0.05, 0.1) is 0 Å². The van der Waals surface area contributed by atoms with Crippen molar-refractivity contribution in [3.63, 3.8) is 0 Å². The lowest BCUT2D eigenvalue weighted by molar-refractivity contribution is -0.147. The summed E-state index contributed by atoms with van der Waals surface area (Å²) in [6.45, 7) is 12.3. The highest BCUT2D eigenvalue weighted by Gasteiger charge is 2.40. The Morgan fingerprint density at radius 2 is 1.89 bits per heavy atom. The Balaban J connectivity index is 2.12. The van der Waals surface area contributed by atoms with Crippen LogP contribution in [0.4, 0.5) is 0 Å². The van der Waals surface area contributed by atoms with Crippen molar-refractivity contribution in [1.29, 1.82) is 0 Å². The molecule has 5 heteroatoms. The van der Waals surface area contributed by atoms with Gasteiger partial charge in [-0.2, -0.15) is 0 Å². The number of aromatic hydroxyl groups is 1. The van der Waals surface area contributed by atoms with E-state index in [4.69, 9.17) is 0 Å². The zero-order valence-corrected chi connectivity index (χ0v) is 21.8. The van der Waals surface area contributed by atoms with Gasteiger partial charge in [-0.05, 0) is 80.7 Å². The van der Waals surface area contributed by atoms with Crippen LogP contribution in [0.3, 0.4) is 0 Å². The van der Waals surface area contributed by atoms with E-state index in [9.17, 15) is 19.8 Å². The normalized spacial score (nSPS) is 18.7. The molecule has 0 fully saturated rings. The van der Waals surface area contributed by atoms with Crippen LogP contribution in [0, 0.1) is 5.41 Å². The van der Waals surface area contributed by atoms with Crippen LogP contribution < -0.4 is 5.32 Å². The SMILES string of the molecule is CCC(NC(=O)C=C(C)C=CC=C(C)C=CC1=C(C)CCCC1(C)C)(C(=O)O)c1cccc(O)c1. The summed E-state index contributed by atoms with van der Waals surface area (Å²) in [6, 6.07) is 5.97. The van der Waals surface area contributed by atoms with Gasteiger partial charge in [-0.3, -0.25) is 4.79 Å². The monoisotopic (exact) mass is 477 g/mol. The zero-order valence-electron chi connectivity index (χ0n) is 21.8. The maximum Gasteiger partial charge on any atom is 0.334 e. The van der Waals surface area contributed by atoms with Crippen LogP contribution in [0.2, 0.25) is 0 Å². The highest BCUT2D eigenvalue weighted by molar-refractivity contribution is 5.94. The maximum absolute atomic E-state index is 12.7. The third-order valence-corrected chi connectivity index (χ3v) is 6.70. The molecule has 0 saturated carbocycles. The number of amides is 1. The Morgan fingerprint density at radius 3 is 2.49 bits per heavy atom.